The van der Waals surface area contributed by atoms with E-state index in [1.165, 1.54) is 6.92 Å². The van der Waals surface area contributed by atoms with Crippen LogP contribution in [0.3, 0.4) is 0 Å². The third-order valence-corrected chi connectivity index (χ3v) is 2.13. The van der Waals surface area contributed by atoms with Crippen molar-refractivity contribution in [3.05, 3.63) is 34.9 Å². The van der Waals surface area contributed by atoms with Crippen LogP contribution in [0.2, 0.25) is 5.02 Å². The lowest BCUT2D eigenvalue weighted by atomic mass is 10.1. The first-order valence-electron chi connectivity index (χ1n) is 4.27. The van der Waals surface area contributed by atoms with E-state index in [2.05, 4.69) is 4.74 Å². The van der Waals surface area contributed by atoms with Crippen LogP contribution in [0.25, 0.3) is 0 Å². The smallest absolute Gasteiger partial charge is 0.405 e. The summed E-state index contributed by atoms with van der Waals surface area (Å²) in [6, 6.07) is 6.53. The van der Waals surface area contributed by atoms with Crippen molar-refractivity contribution in [2.45, 2.75) is 13.0 Å². The van der Waals surface area contributed by atoms with Crippen LogP contribution in [0.1, 0.15) is 17.3 Å². The highest BCUT2D eigenvalue weighted by molar-refractivity contribution is 6.34. The van der Waals surface area contributed by atoms with Gasteiger partial charge in [0.2, 0.25) is 5.78 Å². The normalized spacial score (nSPS) is 11.9. The summed E-state index contributed by atoms with van der Waals surface area (Å²) >= 11 is 5.81. The molecule has 5 heteroatoms. The van der Waals surface area contributed by atoms with Crippen LogP contribution in [0, 0.1) is 0 Å². The van der Waals surface area contributed by atoms with E-state index in [0.717, 1.165) is 0 Å². The first-order valence-corrected chi connectivity index (χ1v) is 4.65. The van der Waals surface area contributed by atoms with Crippen molar-refractivity contribution < 1.29 is 14.3 Å². The van der Waals surface area contributed by atoms with E-state index in [-0.39, 0.29) is 5.78 Å². The zero-order chi connectivity index (χ0) is 11.4. The van der Waals surface area contributed by atoms with Crippen LogP contribution in [-0.4, -0.2) is 18.0 Å². The molecule has 1 atom stereocenters. The van der Waals surface area contributed by atoms with Crippen LogP contribution in [-0.2, 0) is 4.74 Å². The molecule has 80 valence electrons. The lowest BCUT2D eigenvalue weighted by Crippen LogP contribution is -2.27. The van der Waals surface area contributed by atoms with Gasteiger partial charge in [-0.05, 0) is 19.1 Å². The molecule has 0 spiro atoms. The predicted octanol–water partition coefficient (Wildman–Crippen LogP) is 2.01. The minimum atomic E-state index is -0.983. The predicted molar refractivity (Wildman–Crippen MR) is 55.9 cm³/mol. The van der Waals surface area contributed by atoms with Gasteiger partial charge in [0.05, 0.1) is 5.02 Å². The summed E-state index contributed by atoms with van der Waals surface area (Å²) in [4.78, 5) is 22.1. The molecular weight excluding hydrogens is 218 g/mol. The summed E-state index contributed by atoms with van der Waals surface area (Å²) in [6.07, 6.45) is -1.91. The Bertz CT molecular complexity index is 392. The number of nitrogens with two attached hydrogens (primary N) is 1. The van der Waals surface area contributed by atoms with Crippen LogP contribution in [0.4, 0.5) is 4.79 Å². The van der Waals surface area contributed by atoms with Crippen molar-refractivity contribution >= 4 is 23.5 Å². The molecule has 0 aliphatic heterocycles. The molecule has 1 aromatic rings. The standard InChI is InChI=1S/C10H10ClNO3/c1-6(15-10(12)14)9(13)7-4-2-3-5-8(7)11/h2-6H,1H3,(H2,12,14). The van der Waals surface area contributed by atoms with E-state index in [0.29, 0.717) is 10.6 Å². The first-order chi connectivity index (χ1) is 7.02. The molecule has 0 radical (unpaired) electrons. The van der Waals surface area contributed by atoms with Crippen molar-refractivity contribution in [2.75, 3.05) is 0 Å². The Hall–Kier alpha value is -1.55. The number of amides is 1. The number of halogens is 1. The number of ether oxygens (including phenoxy) is 1. The van der Waals surface area contributed by atoms with Gasteiger partial charge in [0.15, 0.2) is 6.10 Å². The van der Waals surface area contributed by atoms with E-state index in [9.17, 15) is 9.59 Å². The Kier molecular flexibility index (Phi) is 3.68. The zero-order valence-corrected chi connectivity index (χ0v) is 8.82. The van der Waals surface area contributed by atoms with Gasteiger partial charge in [-0.3, -0.25) is 4.79 Å². The SMILES string of the molecule is CC(OC(N)=O)C(=O)c1ccccc1Cl. The highest BCUT2D eigenvalue weighted by Crippen LogP contribution is 2.17. The zero-order valence-electron chi connectivity index (χ0n) is 8.07. The maximum Gasteiger partial charge on any atom is 0.405 e. The third-order valence-electron chi connectivity index (χ3n) is 1.80. The molecule has 4 nitrogen and oxygen atoms in total. The average Bonchev–Trinajstić information content (AvgIpc) is 2.16. The molecule has 15 heavy (non-hydrogen) atoms. The molecule has 0 bridgehead atoms. The molecule has 0 saturated carbocycles. The van der Waals surface area contributed by atoms with E-state index >= 15 is 0 Å². The average molecular weight is 228 g/mol. The number of benzene rings is 1. The minimum absolute atomic E-state index is 0.313. The van der Waals surface area contributed by atoms with Crippen LogP contribution in [0.15, 0.2) is 24.3 Å². The number of hydrogen-bond acceptors (Lipinski definition) is 3. The molecule has 0 aliphatic rings. The largest absolute Gasteiger partial charge is 0.438 e. The molecule has 1 aromatic carbocycles. The Morgan fingerprint density at radius 1 is 1.40 bits per heavy atom. The van der Waals surface area contributed by atoms with Gasteiger partial charge in [0, 0.05) is 5.56 Å². The number of Topliss-reactive ketones (excluding diaryl/α,β-unsaturated/α-hetero) is 1. The van der Waals surface area contributed by atoms with E-state index in [1.807, 2.05) is 0 Å². The molecule has 0 aliphatic carbocycles. The molecule has 0 aromatic heterocycles. The summed E-state index contributed by atoms with van der Waals surface area (Å²) < 4.78 is 4.55. The van der Waals surface area contributed by atoms with Crippen molar-refractivity contribution in [1.29, 1.82) is 0 Å². The lowest BCUT2D eigenvalue weighted by molar-refractivity contribution is 0.0695. The summed E-state index contributed by atoms with van der Waals surface area (Å²) in [7, 11) is 0. The van der Waals surface area contributed by atoms with Gasteiger partial charge in [-0.25, -0.2) is 4.79 Å². The van der Waals surface area contributed by atoms with E-state index < -0.39 is 12.2 Å². The number of ketones is 1. The van der Waals surface area contributed by atoms with Crippen molar-refractivity contribution in [1.82, 2.24) is 0 Å². The number of hydrogen-bond donors (Lipinski definition) is 1. The lowest BCUT2D eigenvalue weighted by Gasteiger charge is -2.10. The van der Waals surface area contributed by atoms with E-state index in [4.69, 9.17) is 17.3 Å². The van der Waals surface area contributed by atoms with Gasteiger partial charge in [0.25, 0.3) is 0 Å². The summed E-state index contributed by atoms with van der Waals surface area (Å²) in [5.74, 6) is -0.376. The Balaban J connectivity index is 2.85. The van der Waals surface area contributed by atoms with Crippen molar-refractivity contribution in [2.24, 2.45) is 5.73 Å². The van der Waals surface area contributed by atoms with E-state index in [1.54, 1.807) is 24.3 Å². The number of carbonyl (C=O) groups is 2. The fraction of sp³-hybridized carbons (Fsp3) is 0.200. The fourth-order valence-corrected chi connectivity index (χ4v) is 1.34. The topological polar surface area (TPSA) is 69.4 Å². The molecule has 2 N–H and O–H groups in total. The summed E-state index contributed by atoms with van der Waals surface area (Å²) in [5, 5.41) is 0.322. The van der Waals surface area contributed by atoms with Gasteiger partial charge in [-0.1, -0.05) is 23.7 Å². The maximum atomic E-state index is 11.7. The fourth-order valence-electron chi connectivity index (χ4n) is 1.11. The second-order valence-corrected chi connectivity index (χ2v) is 3.33. The van der Waals surface area contributed by atoms with Gasteiger partial charge < -0.3 is 10.5 Å². The molecule has 0 heterocycles. The molecule has 1 unspecified atom stereocenters. The Labute approximate surface area is 92.0 Å². The molecule has 0 saturated heterocycles. The monoisotopic (exact) mass is 227 g/mol. The van der Waals surface area contributed by atoms with Crippen LogP contribution >= 0.6 is 11.6 Å². The second-order valence-electron chi connectivity index (χ2n) is 2.92. The van der Waals surface area contributed by atoms with Crippen molar-refractivity contribution in [3.63, 3.8) is 0 Å². The number of primary amides is 1. The van der Waals surface area contributed by atoms with Gasteiger partial charge in [0.1, 0.15) is 0 Å². The maximum absolute atomic E-state index is 11.7. The van der Waals surface area contributed by atoms with Gasteiger partial charge in [-0.2, -0.15) is 0 Å². The Morgan fingerprint density at radius 2 is 2.00 bits per heavy atom. The number of rotatable bonds is 3. The number of carbonyl (C=O) groups excluding carboxylic acids is 2. The minimum Gasteiger partial charge on any atom is -0.438 e. The van der Waals surface area contributed by atoms with Gasteiger partial charge >= 0.3 is 6.09 Å². The highest BCUT2D eigenvalue weighted by atomic mass is 35.5. The van der Waals surface area contributed by atoms with Gasteiger partial charge in [-0.15, -0.1) is 0 Å². The first kappa shape index (κ1) is 11.5. The molecule has 1 amide bonds. The third kappa shape index (κ3) is 2.95. The molecule has 0 fully saturated rings. The van der Waals surface area contributed by atoms with Crippen molar-refractivity contribution in [3.8, 4) is 0 Å². The molecular formula is C10H10ClNO3. The molecule has 1 rings (SSSR count). The second kappa shape index (κ2) is 4.79. The quantitative estimate of drug-likeness (QED) is 0.803. The Morgan fingerprint density at radius 3 is 2.53 bits per heavy atom. The summed E-state index contributed by atoms with van der Waals surface area (Å²) in [5.41, 5.74) is 5.11. The van der Waals surface area contributed by atoms with Crippen LogP contribution < -0.4 is 5.73 Å². The van der Waals surface area contributed by atoms with Crippen LogP contribution in [0.5, 0.6) is 0 Å². The summed E-state index contributed by atoms with van der Waals surface area (Å²) in [6.45, 7) is 1.44. The highest BCUT2D eigenvalue weighted by Gasteiger charge is 2.19.